The highest BCUT2D eigenvalue weighted by Crippen LogP contribution is 2.27. The van der Waals surface area contributed by atoms with E-state index in [0.29, 0.717) is 45.1 Å². The zero-order chi connectivity index (χ0) is 18.6. The molecule has 3 heterocycles. The van der Waals surface area contributed by atoms with Crippen molar-refractivity contribution in [3.05, 3.63) is 36.4 Å². The summed E-state index contributed by atoms with van der Waals surface area (Å²) in [5, 5.41) is 7.41. The van der Waals surface area contributed by atoms with E-state index in [1.165, 1.54) is 4.90 Å². The first-order chi connectivity index (χ1) is 13.2. The Morgan fingerprint density at radius 2 is 2.11 bits per heavy atom. The number of hydrogen-bond acceptors (Lipinski definition) is 5. The van der Waals surface area contributed by atoms with E-state index in [1.54, 1.807) is 4.68 Å². The highest BCUT2D eigenvalue weighted by Gasteiger charge is 2.28. The van der Waals surface area contributed by atoms with Gasteiger partial charge in [0.2, 0.25) is 11.8 Å². The molecule has 0 bridgehead atoms. The van der Waals surface area contributed by atoms with E-state index in [2.05, 4.69) is 10.4 Å². The van der Waals surface area contributed by atoms with Crippen molar-refractivity contribution in [1.29, 1.82) is 0 Å². The number of carbonyl (C=O) groups is 2. The topological polar surface area (TPSA) is 85.7 Å². The van der Waals surface area contributed by atoms with Crippen molar-refractivity contribution < 1.29 is 19.1 Å². The van der Waals surface area contributed by atoms with Crippen LogP contribution in [0.2, 0.25) is 0 Å². The smallest absolute Gasteiger partial charge is 0.240 e. The minimum Gasteiger partial charge on any atom is -0.376 e. The van der Waals surface area contributed by atoms with Crippen LogP contribution < -0.4 is 10.2 Å². The van der Waals surface area contributed by atoms with Crippen molar-refractivity contribution in [1.82, 2.24) is 15.1 Å². The number of hydrogen-bond donors (Lipinski definition) is 1. The number of rotatable bonds is 5. The molecule has 4 rings (SSSR count). The molecule has 27 heavy (non-hydrogen) atoms. The number of aromatic nitrogens is 2. The van der Waals surface area contributed by atoms with Gasteiger partial charge in [0, 0.05) is 24.6 Å². The lowest BCUT2D eigenvalue weighted by atomic mass is 10.1. The number of nitrogens with one attached hydrogen (secondary N) is 1. The Morgan fingerprint density at radius 1 is 1.26 bits per heavy atom. The molecule has 142 valence electrons. The Balaban J connectivity index is 1.44. The third-order valence-corrected chi connectivity index (χ3v) is 4.66. The van der Waals surface area contributed by atoms with Crippen molar-refractivity contribution in [3.8, 4) is 11.3 Å². The van der Waals surface area contributed by atoms with Gasteiger partial charge in [-0.25, -0.2) is 4.68 Å². The van der Waals surface area contributed by atoms with Gasteiger partial charge in [-0.2, -0.15) is 5.10 Å². The first-order valence-electron chi connectivity index (χ1n) is 9.10. The van der Waals surface area contributed by atoms with Crippen LogP contribution in [0, 0.1) is 0 Å². The van der Waals surface area contributed by atoms with Crippen LogP contribution in [0.3, 0.4) is 0 Å². The van der Waals surface area contributed by atoms with E-state index in [9.17, 15) is 9.59 Å². The van der Waals surface area contributed by atoms with Gasteiger partial charge in [-0.3, -0.25) is 14.5 Å². The average molecular weight is 370 g/mol. The highest BCUT2D eigenvalue weighted by molar-refractivity contribution is 5.99. The quantitative estimate of drug-likeness (QED) is 0.842. The summed E-state index contributed by atoms with van der Waals surface area (Å²) < 4.78 is 12.6. The Morgan fingerprint density at radius 3 is 2.89 bits per heavy atom. The Kier molecular flexibility index (Phi) is 5.17. The maximum atomic E-state index is 12.4. The van der Waals surface area contributed by atoms with Gasteiger partial charge < -0.3 is 14.8 Å². The molecular weight excluding hydrogens is 348 g/mol. The lowest BCUT2D eigenvalue weighted by molar-refractivity contribution is -0.126. The van der Waals surface area contributed by atoms with Gasteiger partial charge in [-0.05, 0) is 0 Å². The first-order valence-corrected chi connectivity index (χ1v) is 9.10. The standard InChI is InChI=1S/C19H22N4O4/c24-17(20-11-15-13-26-8-9-27-15)12-22-18-10-16(14-4-2-1-3-5-14)21-23(18)7-6-19(22)25/h1-5,10,15H,6-9,11-13H2,(H,20,24). The van der Waals surface area contributed by atoms with E-state index < -0.39 is 0 Å². The van der Waals surface area contributed by atoms with Crippen molar-refractivity contribution in [2.24, 2.45) is 0 Å². The van der Waals surface area contributed by atoms with Gasteiger partial charge in [-0.15, -0.1) is 0 Å². The molecule has 1 fully saturated rings. The summed E-state index contributed by atoms with van der Waals surface area (Å²) in [6.07, 6.45) is 0.186. The summed E-state index contributed by atoms with van der Waals surface area (Å²) in [6.45, 7) is 2.44. The maximum absolute atomic E-state index is 12.4. The molecule has 1 atom stereocenters. The fourth-order valence-corrected chi connectivity index (χ4v) is 3.25. The molecule has 8 heteroatoms. The van der Waals surface area contributed by atoms with Gasteiger partial charge in [0.05, 0.1) is 38.2 Å². The minimum atomic E-state index is -0.228. The van der Waals surface area contributed by atoms with Crippen molar-refractivity contribution in [2.45, 2.75) is 19.1 Å². The zero-order valence-electron chi connectivity index (χ0n) is 15.0. The first kappa shape index (κ1) is 17.7. The third kappa shape index (κ3) is 4.01. The highest BCUT2D eigenvalue weighted by atomic mass is 16.6. The third-order valence-electron chi connectivity index (χ3n) is 4.66. The molecule has 1 aromatic heterocycles. The van der Waals surface area contributed by atoms with Crippen LogP contribution in [-0.2, 0) is 25.6 Å². The number of carbonyl (C=O) groups excluding carboxylic acids is 2. The molecule has 0 spiro atoms. The van der Waals surface area contributed by atoms with Crippen LogP contribution >= 0.6 is 0 Å². The Bertz CT molecular complexity index is 814. The minimum absolute atomic E-state index is 0.0354. The summed E-state index contributed by atoms with van der Waals surface area (Å²) in [7, 11) is 0. The maximum Gasteiger partial charge on any atom is 0.240 e. The largest absolute Gasteiger partial charge is 0.376 e. The summed E-state index contributed by atoms with van der Waals surface area (Å²) in [5.74, 6) is 0.348. The fraction of sp³-hybridized carbons (Fsp3) is 0.421. The molecule has 2 aliphatic rings. The number of benzene rings is 1. The van der Waals surface area contributed by atoms with Crippen LogP contribution in [0.4, 0.5) is 5.82 Å². The van der Waals surface area contributed by atoms with E-state index in [1.807, 2.05) is 36.4 Å². The monoisotopic (exact) mass is 370 g/mol. The van der Waals surface area contributed by atoms with Crippen LogP contribution in [0.25, 0.3) is 11.3 Å². The number of fused-ring (bicyclic) bond motifs is 1. The van der Waals surface area contributed by atoms with Gasteiger partial charge in [0.1, 0.15) is 12.4 Å². The van der Waals surface area contributed by atoms with Gasteiger partial charge in [0.25, 0.3) is 0 Å². The lowest BCUT2D eigenvalue weighted by Crippen LogP contribution is -2.47. The molecule has 1 unspecified atom stereocenters. The normalized spacial score (nSPS) is 19.6. The molecule has 0 radical (unpaired) electrons. The molecule has 2 aromatic rings. The van der Waals surface area contributed by atoms with Crippen LogP contribution in [-0.4, -0.2) is 60.6 Å². The van der Waals surface area contributed by atoms with Crippen LogP contribution in [0.5, 0.6) is 0 Å². The summed E-state index contributed by atoms with van der Waals surface area (Å²) in [6, 6.07) is 11.6. The second-order valence-electron chi connectivity index (χ2n) is 6.58. The molecule has 0 aliphatic carbocycles. The molecule has 1 N–H and O–H groups in total. The van der Waals surface area contributed by atoms with E-state index in [4.69, 9.17) is 9.47 Å². The number of nitrogens with zero attached hydrogens (tertiary/aromatic N) is 3. The van der Waals surface area contributed by atoms with Crippen LogP contribution in [0.1, 0.15) is 6.42 Å². The molecular formula is C19H22N4O4. The number of ether oxygens (including phenoxy) is 2. The predicted molar refractivity (Wildman–Crippen MR) is 98.2 cm³/mol. The molecule has 1 saturated heterocycles. The second kappa shape index (κ2) is 7.89. The number of amides is 2. The zero-order valence-corrected chi connectivity index (χ0v) is 15.0. The summed E-state index contributed by atoms with van der Waals surface area (Å²) >= 11 is 0. The fourth-order valence-electron chi connectivity index (χ4n) is 3.25. The van der Waals surface area contributed by atoms with Gasteiger partial charge >= 0.3 is 0 Å². The molecule has 2 aliphatic heterocycles. The summed E-state index contributed by atoms with van der Waals surface area (Å²) in [5.41, 5.74) is 1.77. The predicted octanol–water partition coefficient (Wildman–Crippen LogP) is 0.818. The van der Waals surface area contributed by atoms with Crippen molar-refractivity contribution >= 4 is 17.6 Å². The van der Waals surface area contributed by atoms with Crippen molar-refractivity contribution in [2.75, 3.05) is 37.8 Å². The van der Waals surface area contributed by atoms with Gasteiger partial charge in [0.15, 0.2) is 0 Å². The Labute approximate surface area is 157 Å². The molecule has 1 aromatic carbocycles. The number of aryl methyl sites for hydroxylation is 1. The second-order valence-corrected chi connectivity index (χ2v) is 6.58. The Hall–Kier alpha value is -2.71. The van der Waals surface area contributed by atoms with Crippen LogP contribution in [0.15, 0.2) is 36.4 Å². The molecule has 2 amide bonds. The molecule has 0 saturated carbocycles. The van der Waals surface area contributed by atoms with Gasteiger partial charge in [-0.1, -0.05) is 30.3 Å². The summed E-state index contributed by atoms with van der Waals surface area (Å²) in [4.78, 5) is 26.3. The molecule has 8 nitrogen and oxygen atoms in total. The average Bonchev–Trinajstić information content (AvgIpc) is 3.15. The number of anilines is 1. The van der Waals surface area contributed by atoms with E-state index >= 15 is 0 Å². The van der Waals surface area contributed by atoms with E-state index in [0.717, 1.165) is 11.3 Å². The van der Waals surface area contributed by atoms with E-state index in [-0.39, 0.29) is 24.5 Å². The van der Waals surface area contributed by atoms with Crippen molar-refractivity contribution in [3.63, 3.8) is 0 Å². The lowest BCUT2D eigenvalue weighted by Gasteiger charge is -2.27. The SMILES string of the molecule is O=C(CN1C(=O)CCn2nc(-c3ccccc3)cc21)NCC1COCCO1.